The number of benzene rings is 1. The molecule has 1 saturated heterocycles. The summed E-state index contributed by atoms with van der Waals surface area (Å²) in [7, 11) is 0. The quantitative estimate of drug-likeness (QED) is 0.848. The van der Waals surface area contributed by atoms with Crippen LogP contribution >= 0.6 is 12.6 Å². The summed E-state index contributed by atoms with van der Waals surface area (Å²) in [5, 5.41) is 0. The van der Waals surface area contributed by atoms with Gasteiger partial charge in [-0.2, -0.15) is 12.6 Å². The monoisotopic (exact) mass is 287 g/mol. The molecule has 0 aromatic heterocycles. The van der Waals surface area contributed by atoms with Gasteiger partial charge in [-0.3, -0.25) is 4.79 Å². The highest BCUT2D eigenvalue weighted by Crippen LogP contribution is 2.43. The van der Waals surface area contributed by atoms with Gasteiger partial charge in [0.15, 0.2) is 11.5 Å². The predicted octanol–water partition coefficient (Wildman–Crippen LogP) is 2.29. The predicted molar refractivity (Wildman–Crippen MR) is 67.0 cm³/mol. The fourth-order valence-electron chi connectivity index (χ4n) is 2.26. The maximum atomic E-state index is 12.9. The Labute approximate surface area is 113 Å². The number of halogens is 2. The van der Waals surface area contributed by atoms with Gasteiger partial charge >= 0.3 is 6.29 Å². The van der Waals surface area contributed by atoms with Gasteiger partial charge in [-0.15, -0.1) is 8.78 Å². The fourth-order valence-corrected chi connectivity index (χ4v) is 2.50. The van der Waals surface area contributed by atoms with E-state index in [1.807, 2.05) is 0 Å². The van der Waals surface area contributed by atoms with Gasteiger partial charge in [0, 0.05) is 24.7 Å². The number of alkyl halides is 2. The highest BCUT2D eigenvalue weighted by molar-refractivity contribution is 7.80. The summed E-state index contributed by atoms with van der Waals surface area (Å²) >= 11 is 4.17. The molecule has 4 nitrogen and oxygen atoms in total. The number of carbonyl (C=O) groups is 1. The third-order valence-corrected chi connectivity index (χ3v) is 3.68. The van der Waals surface area contributed by atoms with Crippen molar-refractivity contribution in [3.05, 3.63) is 18.2 Å². The lowest BCUT2D eigenvalue weighted by atomic mass is 10.1. The molecule has 102 valence electrons. The summed E-state index contributed by atoms with van der Waals surface area (Å²) in [5.74, 6) is 0.688. The molecular weight excluding hydrogens is 276 g/mol. The minimum Gasteiger partial charge on any atom is -0.395 e. The van der Waals surface area contributed by atoms with E-state index in [0.29, 0.717) is 24.4 Å². The molecule has 0 N–H and O–H groups in total. The average molecular weight is 287 g/mol. The van der Waals surface area contributed by atoms with Gasteiger partial charge in [0.05, 0.1) is 0 Å². The van der Waals surface area contributed by atoms with E-state index >= 15 is 0 Å². The number of fused-ring (bicyclic) bond motifs is 1. The Kier molecular flexibility index (Phi) is 2.81. The van der Waals surface area contributed by atoms with Gasteiger partial charge in [0.25, 0.3) is 0 Å². The molecule has 1 atom stereocenters. The van der Waals surface area contributed by atoms with Crippen LogP contribution in [0, 0.1) is 5.92 Å². The molecule has 7 heteroatoms. The number of rotatable bonds is 2. The van der Waals surface area contributed by atoms with Crippen molar-refractivity contribution in [3.63, 3.8) is 0 Å². The molecule has 0 bridgehead atoms. The molecule has 1 aromatic rings. The number of hydrogen-bond donors (Lipinski definition) is 1. The zero-order valence-corrected chi connectivity index (χ0v) is 10.7. The van der Waals surface area contributed by atoms with Crippen LogP contribution in [0.1, 0.15) is 6.42 Å². The van der Waals surface area contributed by atoms with Crippen LogP contribution < -0.4 is 14.4 Å². The first kappa shape index (κ1) is 12.5. The number of anilines is 1. The second kappa shape index (κ2) is 4.26. The summed E-state index contributed by atoms with van der Waals surface area (Å²) in [6.45, 7) is 0.540. The lowest BCUT2D eigenvalue weighted by Gasteiger charge is -2.16. The zero-order chi connectivity index (χ0) is 13.6. The van der Waals surface area contributed by atoms with Gasteiger partial charge in [-0.05, 0) is 23.8 Å². The lowest BCUT2D eigenvalue weighted by molar-refractivity contribution is -0.286. The second-order valence-electron chi connectivity index (χ2n) is 4.56. The highest BCUT2D eigenvalue weighted by atomic mass is 32.1. The standard InChI is InChI=1S/C12H11F2NO3S/c13-12(14)17-9-2-1-8(4-10(9)18-12)15-5-7(6-19)3-11(15)16/h1-2,4,7,19H,3,5-6H2. The van der Waals surface area contributed by atoms with Gasteiger partial charge in [0.2, 0.25) is 5.91 Å². The Morgan fingerprint density at radius 3 is 2.79 bits per heavy atom. The second-order valence-corrected chi connectivity index (χ2v) is 4.92. The van der Waals surface area contributed by atoms with Gasteiger partial charge in [-0.25, -0.2) is 0 Å². The zero-order valence-electron chi connectivity index (χ0n) is 9.81. The van der Waals surface area contributed by atoms with Crippen molar-refractivity contribution in [3.8, 4) is 11.5 Å². The van der Waals surface area contributed by atoms with Crippen molar-refractivity contribution in [1.82, 2.24) is 0 Å². The lowest BCUT2D eigenvalue weighted by Crippen LogP contribution is -2.26. The minimum absolute atomic E-state index is 0.0221. The van der Waals surface area contributed by atoms with Crippen LogP contribution in [0.4, 0.5) is 14.5 Å². The maximum Gasteiger partial charge on any atom is 0.586 e. The molecule has 1 fully saturated rings. The van der Waals surface area contributed by atoms with Gasteiger partial charge in [-0.1, -0.05) is 0 Å². The number of ether oxygens (including phenoxy) is 2. The van der Waals surface area contributed by atoms with E-state index in [1.165, 1.54) is 12.1 Å². The molecular formula is C12H11F2NO3S. The van der Waals surface area contributed by atoms with Crippen LogP contribution in [-0.2, 0) is 4.79 Å². The van der Waals surface area contributed by atoms with Crippen LogP contribution in [0.2, 0.25) is 0 Å². The van der Waals surface area contributed by atoms with E-state index in [2.05, 4.69) is 22.1 Å². The highest BCUT2D eigenvalue weighted by Gasteiger charge is 2.43. The minimum atomic E-state index is -3.64. The van der Waals surface area contributed by atoms with Gasteiger partial charge < -0.3 is 14.4 Å². The topological polar surface area (TPSA) is 38.8 Å². The molecule has 2 heterocycles. The van der Waals surface area contributed by atoms with Crippen LogP contribution in [0.3, 0.4) is 0 Å². The molecule has 0 spiro atoms. The molecule has 2 aliphatic heterocycles. The van der Waals surface area contributed by atoms with Crippen molar-refractivity contribution in [2.75, 3.05) is 17.2 Å². The van der Waals surface area contributed by atoms with E-state index in [-0.39, 0.29) is 23.3 Å². The third-order valence-electron chi connectivity index (χ3n) is 3.16. The number of amides is 1. The summed E-state index contributed by atoms with van der Waals surface area (Å²) in [5.41, 5.74) is 0.536. The van der Waals surface area contributed by atoms with Crippen molar-refractivity contribution < 1.29 is 23.0 Å². The molecule has 0 aliphatic carbocycles. The smallest absolute Gasteiger partial charge is 0.395 e. The normalized spacial score (nSPS) is 24.1. The molecule has 19 heavy (non-hydrogen) atoms. The summed E-state index contributed by atoms with van der Waals surface area (Å²) in [4.78, 5) is 13.4. The Morgan fingerprint density at radius 2 is 2.11 bits per heavy atom. The van der Waals surface area contributed by atoms with Crippen molar-refractivity contribution in [2.24, 2.45) is 5.92 Å². The van der Waals surface area contributed by atoms with E-state index in [4.69, 9.17) is 0 Å². The summed E-state index contributed by atoms with van der Waals surface area (Å²) < 4.78 is 34.5. The van der Waals surface area contributed by atoms with E-state index in [1.54, 1.807) is 11.0 Å². The molecule has 0 radical (unpaired) electrons. The van der Waals surface area contributed by atoms with E-state index in [0.717, 1.165) is 0 Å². The van der Waals surface area contributed by atoms with Crippen LogP contribution in [0.15, 0.2) is 18.2 Å². The van der Waals surface area contributed by atoms with Crippen molar-refractivity contribution >= 4 is 24.2 Å². The van der Waals surface area contributed by atoms with Crippen molar-refractivity contribution in [1.29, 1.82) is 0 Å². The SMILES string of the molecule is O=C1CC(CS)CN1c1ccc2c(c1)OC(F)(F)O2. The molecule has 1 unspecified atom stereocenters. The summed E-state index contributed by atoms with van der Waals surface area (Å²) in [6.07, 6.45) is -3.21. The van der Waals surface area contributed by atoms with Crippen LogP contribution in [-0.4, -0.2) is 24.5 Å². The van der Waals surface area contributed by atoms with E-state index in [9.17, 15) is 13.6 Å². The number of thiol groups is 1. The van der Waals surface area contributed by atoms with Crippen LogP contribution in [0.25, 0.3) is 0 Å². The average Bonchev–Trinajstić information content (AvgIpc) is 2.86. The Hall–Kier alpha value is -1.50. The Morgan fingerprint density at radius 1 is 1.37 bits per heavy atom. The Bertz CT molecular complexity index is 538. The molecule has 2 aliphatic rings. The Balaban J connectivity index is 1.86. The van der Waals surface area contributed by atoms with Gasteiger partial charge in [0.1, 0.15) is 0 Å². The summed E-state index contributed by atoms with van der Waals surface area (Å²) in [6, 6.07) is 4.35. The molecule has 3 rings (SSSR count). The number of carbonyl (C=O) groups excluding carboxylic acids is 1. The van der Waals surface area contributed by atoms with E-state index < -0.39 is 6.29 Å². The van der Waals surface area contributed by atoms with Crippen molar-refractivity contribution in [2.45, 2.75) is 12.7 Å². The van der Waals surface area contributed by atoms with Crippen LogP contribution in [0.5, 0.6) is 11.5 Å². The molecule has 1 aromatic carbocycles. The maximum absolute atomic E-state index is 12.9. The first-order valence-electron chi connectivity index (χ1n) is 5.79. The molecule has 1 amide bonds. The molecule has 0 saturated carbocycles. The first-order valence-corrected chi connectivity index (χ1v) is 6.43. The fraction of sp³-hybridized carbons (Fsp3) is 0.417. The largest absolute Gasteiger partial charge is 0.586 e. The number of hydrogen-bond acceptors (Lipinski definition) is 4. The third kappa shape index (κ3) is 2.22. The number of nitrogens with zero attached hydrogens (tertiary/aromatic N) is 1. The first-order chi connectivity index (χ1) is 8.98.